The highest BCUT2D eigenvalue weighted by atomic mass is 32.2. The van der Waals surface area contributed by atoms with Crippen LogP contribution in [0.5, 0.6) is 0 Å². The fraction of sp³-hybridized carbons (Fsp3) is 0.333. The van der Waals surface area contributed by atoms with Crippen molar-refractivity contribution >= 4 is 17.5 Å². The summed E-state index contributed by atoms with van der Waals surface area (Å²) in [6.07, 6.45) is 7.98. The van der Waals surface area contributed by atoms with Crippen LogP contribution >= 0.6 is 11.8 Å². The fourth-order valence-electron chi connectivity index (χ4n) is 3.09. The van der Waals surface area contributed by atoms with Crippen LogP contribution in [0, 0.1) is 0 Å². The molecule has 0 amide bonds. The Hall–Kier alpha value is -2.47. The standard InChI is InChI=1S/C21H22N4OS/c1-2-4-15-6-8-16(9-7-15)19(26)14-27-21-24-23-20(25(21)18-10-11-18)17-5-3-12-22-13-17/h3,5-9,12-13,18H,2,4,10-11,14H2,1H3. The Labute approximate surface area is 163 Å². The van der Waals surface area contributed by atoms with E-state index in [1.807, 2.05) is 24.3 Å². The van der Waals surface area contributed by atoms with E-state index in [9.17, 15) is 4.79 Å². The van der Waals surface area contributed by atoms with Gasteiger partial charge in [-0.15, -0.1) is 10.2 Å². The SMILES string of the molecule is CCCc1ccc(C(=O)CSc2nnc(-c3cccnc3)n2C2CC2)cc1. The van der Waals surface area contributed by atoms with Crippen molar-refractivity contribution in [3.63, 3.8) is 0 Å². The third kappa shape index (κ3) is 4.11. The lowest BCUT2D eigenvalue weighted by Crippen LogP contribution is -2.05. The van der Waals surface area contributed by atoms with E-state index in [0.29, 0.717) is 11.8 Å². The summed E-state index contributed by atoms with van der Waals surface area (Å²) < 4.78 is 2.17. The number of aromatic nitrogens is 4. The minimum absolute atomic E-state index is 0.122. The van der Waals surface area contributed by atoms with E-state index in [2.05, 4.69) is 38.8 Å². The minimum atomic E-state index is 0.122. The highest BCUT2D eigenvalue weighted by molar-refractivity contribution is 7.99. The average Bonchev–Trinajstić information content (AvgIpc) is 3.46. The number of ketones is 1. The van der Waals surface area contributed by atoms with Crippen molar-refractivity contribution in [2.24, 2.45) is 0 Å². The van der Waals surface area contributed by atoms with E-state index in [4.69, 9.17) is 0 Å². The van der Waals surface area contributed by atoms with Crippen LogP contribution in [0.1, 0.15) is 48.1 Å². The first-order valence-corrected chi connectivity index (χ1v) is 10.3. The summed E-state index contributed by atoms with van der Waals surface area (Å²) in [5.74, 6) is 1.33. The van der Waals surface area contributed by atoms with Crippen molar-refractivity contribution in [1.82, 2.24) is 19.7 Å². The molecule has 1 aromatic carbocycles. The van der Waals surface area contributed by atoms with Crippen molar-refractivity contribution in [3.05, 3.63) is 59.9 Å². The Morgan fingerprint density at radius 1 is 1.19 bits per heavy atom. The summed E-state index contributed by atoms with van der Waals surface area (Å²) in [7, 11) is 0. The number of carbonyl (C=O) groups is 1. The number of thioether (sulfide) groups is 1. The van der Waals surface area contributed by atoms with Crippen LogP contribution < -0.4 is 0 Å². The van der Waals surface area contributed by atoms with Gasteiger partial charge in [0.05, 0.1) is 5.75 Å². The lowest BCUT2D eigenvalue weighted by atomic mass is 10.1. The van der Waals surface area contributed by atoms with E-state index in [1.165, 1.54) is 17.3 Å². The molecule has 1 saturated carbocycles. The van der Waals surface area contributed by atoms with Crippen molar-refractivity contribution in [1.29, 1.82) is 0 Å². The van der Waals surface area contributed by atoms with E-state index in [-0.39, 0.29) is 5.78 Å². The van der Waals surface area contributed by atoms with Crippen molar-refractivity contribution in [2.75, 3.05) is 5.75 Å². The van der Waals surface area contributed by atoms with Gasteiger partial charge in [0.1, 0.15) is 0 Å². The zero-order valence-corrected chi connectivity index (χ0v) is 16.2. The van der Waals surface area contributed by atoms with Gasteiger partial charge in [-0.3, -0.25) is 14.3 Å². The second-order valence-corrected chi connectivity index (χ2v) is 7.75. The number of nitrogens with zero attached hydrogens (tertiary/aromatic N) is 4. The molecule has 4 rings (SSSR count). The van der Waals surface area contributed by atoms with Crippen molar-refractivity contribution < 1.29 is 4.79 Å². The first-order valence-electron chi connectivity index (χ1n) is 9.36. The molecular formula is C21H22N4OS. The van der Waals surface area contributed by atoms with Crippen molar-refractivity contribution in [2.45, 2.75) is 43.8 Å². The van der Waals surface area contributed by atoms with Crippen LogP contribution in [0.3, 0.4) is 0 Å². The van der Waals surface area contributed by atoms with Crippen molar-refractivity contribution in [3.8, 4) is 11.4 Å². The smallest absolute Gasteiger partial charge is 0.192 e. The molecule has 2 aromatic heterocycles. The molecule has 1 aliphatic rings. The summed E-state index contributed by atoms with van der Waals surface area (Å²) in [4.78, 5) is 16.8. The van der Waals surface area contributed by atoms with Crippen LogP contribution in [-0.4, -0.2) is 31.3 Å². The van der Waals surface area contributed by atoms with E-state index < -0.39 is 0 Å². The number of pyridine rings is 1. The maximum atomic E-state index is 12.6. The molecule has 0 aliphatic heterocycles. The lowest BCUT2D eigenvalue weighted by Gasteiger charge is -2.08. The molecule has 0 spiro atoms. The minimum Gasteiger partial charge on any atom is -0.299 e. The molecule has 0 saturated heterocycles. The lowest BCUT2D eigenvalue weighted by molar-refractivity contribution is 0.102. The molecule has 138 valence electrons. The van der Waals surface area contributed by atoms with E-state index in [1.54, 1.807) is 12.4 Å². The molecule has 3 aromatic rings. The predicted molar refractivity (Wildman–Crippen MR) is 107 cm³/mol. The highest BCUT2D eigenvalue weighted by Crippen LogP contribution is 2.41. The Morgan fingerprint density at radius 3 is 2.67 bits per heavy atom. The number of rotatable bonds is 8. The maximum absolute atomic E-state index is 12.6. The van der Waals surface area contributed by atoms with Gasteiger partial charge in [0, 0.05) is 29.6 Å². The number of hydrogen-bond acceptors (Lipinski definition) is 5. The maximum Gasteiger partial charge on any atom is 0.192 e. The third-order valence-corrected chi connectivity index (χ3v) is 5.59. The molecule has 0 atom stereocenters. The monoisotopic (exact) mass is 378 g/mol. The van der Waals surface area contributed by atoms with Crippen LogP contribution in [0.4, 0.5) is 0 Å². The molecule has 5 nitrogen and oxygen atoms in total. The molecule has 27 heavy (non-hydrogen) atoms. The second-order valence-electron chi connectivity index (χ2n) is 6.81. The number of aryl methyl sites for hydroxylation is 1. The third-order valence-electron chi connectivity index (χ3n) is 4.64. The number of carbonyl (C=O) groups excluding carboxylic acids is 1. The Bertz CT molecular complexity index is 917. The van der Waals surface area contributed by atoms with Gasteiger partial charge < -0.3 is 0 Å². The number of benzene rings is 1. The topological polar surface area (TPSA) is 60.7 Å². The Morgan fingerprint density at radius 2 is 2.00 bits per heavy atom. The fourth-order valence-corrected chi connectivity index (χ4v) is 3.99. The summed E-state index contributed by atoms with van der Waals surface area (Å²) in [5.41, 5.74) is 2.99. The molecular weight excluding hydrogens is 356 g/mol. The zero-order chi connectivity index (χ0) is 18.6. The molecule has 1 fully saturated rings. The Kier molecular flexibility index (Phi) is 5.34. The number of Topliss-reactive ketones (excluding diaryl/α,β-unsaturated/α-hetero) is 1. The molecule has 2 heterocycles. The van der Waals surface area contributed by atoms with Gasteiger partial charge in [-0.2, -0.15) is 0 Å². The Balaban J connectivity index is 1.48. The molecule has 0 radical (unpaired) electrons. The van der Waals surface area contributed by atoms with Gasteiger partial charge in [-0.25, -0.2) is 0 Å². The van der Waals surface area contributed by atoms with Gasteiger partial charge in [0.25, 0.3) is 0 Å². The summed E-state index contributed by atoms with van der Waals surface area (Å²) in [5, 5.41) is 9.54. The molecule has 0 bridgehead atoms. The second kappa shape index (κ2) is 8.05. The van der Waals surface area contributed by atoms with Crippen LogP contribution in [0.25, 0.3) is 11.4 Å². The van der Waals surface area contributed by atoms with Crippen LogP contribution in [0.2, 0.25) is 0 Å². The molecule has 0 unspecified atom stereocenters. The molecule has 0 N–H and O–H groups in total. The van der Waals surface area contributed by atoms with Gasteiger partial charge in [0.15, 0.2) is 16.8 Å². The predicted octanol–water partition coefficient (Wildman–Crippen LogP) is 4.60. The van der Waals surface area contributed by atoms with E-state index in [0.717, 1.165) is 47.8 Å². The summed E-state index contributed by atoms with van der Waals surface area (Å²) in [6, 6.07) is 12.3. The average molecular weight is 379 g/mol. The first-order chi connectivity index (χ1) is 13.3. The van der Waals surface area contributed by atoms with Gasteiger partial charge in [0.2, 0.25) is 0 Å². The van der Waals surface area contributed by atoms with E-state index >= 15 is 0 Å². The van der Waals surface area contributed by atoms with Gasteiger partial charge in [-0.05, 0) is 37.0 Å². The number of hydrogen-bond donors (Lipinski definition) is 0. The van der Waals surface area contributed by atoms with Gasteiger partial charge >= 0.3 is 0 Å². The molecule has 6 heteroatoms. The molecule has 1 aliphatic carbocycles. The first kappa shape index (κ1) is 17.9. The van der Waals surface area contributed by atoms with Crippen LogP contribution in [0.15, 0.2) is 53.9 Å². The van der Waals surface area contributed by atoms with Gasteiger partial charge in [-0.1, -0.05) is 49.4 Å². The highest BCUT2D eigenvalue weighted by Gasteiger charge is 2.30. The normalized spacial score (nSPS) is 13.7. The van der Waals surface area contributed by atoms with Crippen LogP contribution in [-0.2, 0) is 6.42 Å². The zero-order valence-electron chi connectivity index (χ0n) is 15.3. The summed E-state index contributed by atoms with van der Waals surface area (Å²) in [6.45, 7) is 2.16. The largest absolute Gasteiger partial charge is 0.299 e. The quantitative estimate of drug-likeness (QED) is 0.423. The summed E-state index contributed by atoms with van der Waals surface area (Å²) >= 11 is 1.47.